The van der Waals surface area contributed by atoms with Gasteiger partial charge in [0.2, 0.25) is 0 Å². The van der Waals surface area contributed by atoms with E-state index in [-0.39, 0.29) is 5.97 Å². The number of thiocarbonyl (C=S) groups is 1. The fourth-order valence-electron chi connectivity index (χ4n) is 3.20. The quantitative estimate of drug-likeness (QED) is 0.555. The second-order valence-corrected chi connectivity index (χ2v) is 8.05. The molecule has 0 saturated heterocycles. The van der Waals surface area contributed by atoms with E-state index in [1.807, 2.05) is 20.8 Å². The number of thiophene rings is 1. The first kappa shape index (κ1) is 18.9. The summed E-state index contributed by atoms with van der Waals surface area (Å²) in [4.78, 5) is 13.8. The third-order valence-electron chi connectivity index (χ3n) is 4.52. The van der Waals surface area contributed by atoms with Gasteiger partial charge in [-0.15, -0.1) is 11.3 Å². The van der Waals surface area contributed by atoms with Crippen LogP contribution in [-0.2, 0) is 17.6 Å². The fourth-order valence-corrected chi connectivity index (χ4v) is 4.76. The molecule has 0 fully saturated rings. The van der Waals surface area contributed by atoms with Crippen molar-refractivity contribution in [2.75, 3.05) is 17.2 Å². The highest BCUT2D eigenvalue weighted by Gasteiger charge is 2.26. The zero-order chi connectivity index (χ0) is 18.7. The van der Waals surface area contributed by atoms with Crippen LogP contribution in [0.4, 0.5) is 10.7 Å². The Morgan fingerprint density at radius 1 is 1.23 bits per heavy atom. The molecule has 1 aromatic carbocycles. The van der Waals surface area contributed by atoms with Crippen molar-refractivity contribution in [2.45, 2.75) is 46.5 Å². The SMILES string of the molecule is CCOC(=O)c1c(NC(=S)Nc2cc(C)ccc2C)sc2c1CCCC2. The van der Waals surface area contributed by atoms with Gasteiger partial charge in [-0.2, -0.15) is 0 Å². The van der Waals surface area contributed by atoms with E-state index >= 15 is 0 Å². The van der Waals surface area contributed by atoms with Gasteiger partial charge in [0.15, 0.2) is 5.11 Å². The van der Waals surface area contributed by atoms with Gasteiger partial charge in [0.05, 0.1) is 12.2 Å². The number of aryl methyl sites for hydroxylation is 3. The van der Waals surface area contributed by atoms with Crippen molar-refractivity contribution in [2.24, 2.45) is 0 Å². The second-order valence-electron chi connectivity index (χ2n) is 6.53. The largest absolute Gasteiger partial charge is 0.462 e. The van der Waals surface area contributed by atoms with E-state index in [0.29, 0.717) is 17.3 Å². The van der Waals surface area contributed by atoms with Crippen molar-refractivity contribution in [3.05, 3.63) is 45.3 Å². The lowest BCUT2D eigenvalue weighted by atomic mass is 9.95. The van der Waals surface area contributed by atoms with E-state index in [9.17, 15) is 4.79 Å². The number of ether oxygens (including phenoxy) is 1. The molecule has 1 aromatic heterocycles. The highest BCUT2D eigenvalue weighted by molar-refractivity contribution is 7.80. The van der Waals surface area contributed by atoms with Crippen molar-refractivity contribution >= 4 is 45.3 Å². The number of carbonyl (C=O) groups excluding carboxylic acids is 1. The van der Waals surface area contributed by atoms with Gasteiger partial charge in [0.1, 0.15) is 5.00 Å². The summed E-state index contributed by atoms with van der Waals surface area (Å²) >= 11 is 7.13. The second kappa shape index (κ2) is 8.18. The molecule has 138 valence electrons. The molecule has 0 radical (unpaired) electrons. The van der Waals surface area contributed by atoms with Gasteiger partial charge in [0, 0.05) is 10.6 Å². The minimum atomic E-state index is -0.260. The number of nitrogens with one attached hydrogen (secondary N) is 2. The molecular formula is C20H24N2O2S2. The Labute approximate surface area is 164 Å². The molecule has 1 aliphatic rings. The van der Waals surface area contributed by atoms with Crippen LogP contribution in [-0.4, -0.2) is 17.7 Å². The Bertz CT molecular complexity index is 843. The molecule has 1 aliphatic carbocycles. The van der Waals surface area contributed by atoms with Crippen LogP contribution in [0, 0.1) is 13.8 Å². The maximum atomic E-state index is 12.5. The Hall–Kier alpha value is -1.92. The summed E-state index contributed by atoms with van der Waals surface area (Å²) in [5.74, 6) is -0.260. The Kier molecular flexibility index (Phi) is 5.94. The van der Waals surface area contributed by atoms with E-state index in [0.717, 1.165) is 41.1 Å². The molecule has 26 heavy (non-hydrogen) atoms. The predicted octanol–water partition coefficient (Wildman–Crippen LogP) is 5.23. The molecule has 0 spiro atoms. The molecule has 2 aromatic rings. The summed E-state index contributed by atoms with van der Waals surface area (Å²) in [7, 11) is 0. The van der Waals surface area contributed by atoms with Gasteiger partial charge in [-0.05, 0) is 81.4 Å². The average molecular weight is 389 g/mol. The lowest BCUT2D eigenvalue weighted by Crippen LogP contribution is -2.21. The van der Waals surface area contributed by atoms with E-state index in [1.165, 1.54) is 16.9 Å². The minimum Gasteiger partial charge on any atom is -0.462 e. The van der Waals surface area contributed by atoms with Gasteiger partial charge in [0.25, 0.3) is 0 Å². The van der Waals surface area contributed by atoms with Crippen molar-refractivity contribution in [1.29, 1.82) is 0 Å². The number of esters is 1. The van der Waals surface area contributed by atoms with Gasteiger partial charge in [-0.1, -0.05) is 12.1 Å². The van der Waals surface area contributed by atoms with Crippen molar-refractivity contribution in [3.8, 4) is 0 Å². The van der Waals surface area contributed by atoms with Gasteiger partial charge in [-0.3, -0.25) is 0 Å². The maximum absolute atomic E-state index is 12.5. The summed E-state index contributed by atoms with van der Waals surface area (Å²) in [5.41, 5.74) is 5.06. The number of hydrogen-bond donors (Lipinski definition) is 2. The van der Waals surface area contributed by atoms with E-state index in [1.54, 1.807) is 11.3 Å². The zero-order valence-corrected chi connectivity index (χ0v) is 17.0. The van der Waals surface area contributed by atoms with Gasteiger partial charge < -0.3 is 15.4 Å². The van der Waals surface area contributed by atoms with Gasteiger partial charge in [-0.25, -0.2) is 4.79 Å². The van der Waals surface area contributed by atoms with E-state index < -0.39 is 0 Å². The van der Waals surface area contributed by atoms with Crippen molar-refractivity contribution in [3.63, 3.8) is 0 Å². The minimum absolute atomic E-state index is 0.260. The van der Waals surface area contributed by atoms with Gasteiger partial charge >= 0.3 is 5.97 Å². The number of fused-ring (bicyclic) bond motifs is 1. The summed E-state index contributed by atoms with van der Waals surface area (Å²) in [6.45, 7) is 6.29. The van der Waals surface area contributed by atoms with Crippen LogP contribution in [0.2, 0.25) is 0 Å². The standard InChI is InChI=1S/C20H24N2O2S2/c1-4-24-19(23)17-14-7-5-6-8-16(14)26-18(17)22-20(25)21-15-11-12(2)9-10-13(15)3/h9-11H,4-8H2,1-3H3,(H2,21,22,25). The van der Waals surface area contributed by atoms with Crippen LogP contribution in [0.25, 0.3) is 0 Å². The first-order valence-corrected chi connectivity index (χ1v) is 10.2. The highest BCUT2D eigenvalue weighted by atomic mass is 32.1. The normalized spacial score (nSPS) is 13.0. The van der Waals surface area contributed by atoms with E-state index in [4.69, 9.17) is 17.0 Å². The highest BCUT2D eigenvalue weighted by Crippen LogP contribution is 2.38. The monoisotopic (exact) mass is 388 g/mol. The lowest BCUT2D eigenvalue weighted by molar-refractivity contribution is 0.0526. The molecule has 0 unspecified atom stereocenters. The molecule has 0 atom stereocenters. The fraction of sp³-hybridized carbons (Fsp3) is 0.400. The number of benzene rings is 1. The summed E-state index contributed by atoms with van der Waals surface area (Å²) in [6.07, 6.45) is 4.23. The van der Waals surface area contributed by atoms with Crippen LogP contribution < -0.4 is 10.6 Å². The third-order valence-corrected chi connectivity index (χ3v) is 5.93. The number of rotatable bonds is 4. The molecular weight excluding hydrogens is 364 g/mol. The van der Waals surface area contributed by atoms with Crippen LogP contribution in [0.3, 0.4) is 0 Å². The van der Waals surface area contributed by atoms with Crippen LogP contribution in [0.1, 0.15) is 51.7 Å². The zero-order valence-electron chi connectivity index (χ0n) is 15.4. The summed E-state index contributed by atoms with van der Waals surface area (Å²) < 4.78 is 5.29. The summed E-state index contributed by atoms with van der Waals surface area (Å²) in [6, 6.07) is 6.20. The first-order valence-electron chi connectivity index (χ1n) is 8.96. The van der Waals surface area contributed by atoms with Crippen molar-refractivity contribution in [1.82, 2.24) is 0 Å². The molecule has 0 saturated carbocycles. The molecule has 6 heteroatoms. The van der Waals surface area contributed by atoms with E-state index in [2.05, 4.69) is 28.8 Å². The molecule has 2 N–H and O–H groups in total. The molecule has 0 aliphatic heterocycles. The predicted molar refractivity (Wildman–Crippen MR) is 113 cm³/mol. The average Bonchev–Trinajstić information content (AvgIpc) is 2.96. The summed E-state index contributed by atoms with van der Waals surface area (Å²) in [5, 5.41) is 7.77. The smallest absolute Gasteiger partial charge is 0.341 e. The molecule has 0 amide bonds. The van der Waals surface area contributed by atoms with Crippen molar-refractivity contribution < 1.29 is 9.53 Å². The maximum Gasteiger partial charge on any atom is 0.341 e. The first-order chi connectivity index (χ1) is 12.5. The number of hydrogen-bond acceptors (Lipinski definition) is 4. The van der Waals surface area contributed by atoms with Crippen LogP contribution in [0.15, 0.2) is 18.2 Å². The molecule has 1 heterocycles. The molecule has 4 nitrogen and oxygen atoms in total. The number of anilines is 2. The van der Waals surface area contributed by atoms with Crippen LogP contribution >= 0.6 is 23.6 Å². The Balaban J connectivity index is 1.84. The molecule has 0 bridgehead atoms. The molecule has 3 rings (SSSR count). The topological polar surface area (TPSA) is 50.4 Å². The lowest BCUT2D eigenvalue weighted by Gasteiger charge is -2.14. The Morgan fingerprint density at radius 3 is 2.77 bits per heavy atom. The Morgan fingerprint density at radius 2 is 2.00 bits per heavy atom. The third kappa shape index (κ3) is 4.07. The number of carbonyl (C=O) groups is 1. The van der Waals surface area contributed by atoms with Crippen LogP contribution in [0.5, 0.6) is 0 Å².